The second kappa shape index (κ2) is 8.19. The number of nitrogens with zero attached hydrogens (tertiary/aromatic N) is 1. The zero-order valence-corrected chi connectivity index (χ0v) is 15.0. The molecule has 0 atom stereocenters. The molecule has 0 unspecified atom stereocenters. The molecule has 0 spiro atoms. The van der Waals surface area contributed by atoms with Crippen molar-refractivity contribution in [2.75, 3.05) is 10.6 Å². The lowest BCUT2D eigenvalue weighted by atomic mass is 9.95. The van der Waals surface area contributed by atoms with Crippen LogP contribution in [0.25, 0.3) is 0 Å². The fourth-order valence-electron chi connectivity index (χ4n) is 3.16. The van der Waals surface area contributed by atoms with E-state index in [0.29, 0.717) is 16.4 Å². The Bertz CT molecular complexity index is 802. The molecule has 2 N–H and O–H groups in total. The van der Waals surface area contributed by atoms with Gasteiger partial charge in [-0.2, -0.15) is 0 Å². The quantitative estimate of drug-likeness (QED) is 0.554. The van der Waals surface area contributed by atoms with E-state index < -0.39 is 10.8 Å². The third-order valence-corrected chi connectivity index (χ3v) is 4.78. The van der Waals surface area contributed by atoms with Gasteiger partial charge in [0.05, 0.1) is 10.5 Å². The highest BCUT2D eigenvalue weighted by Gasteiger charge is 2.20. The van der Waals surface area contributed by atoms with Gasteiger partial charge in [-0.1, -0.05) is 30.9 Å². The number of carbonyl (C=O) groups excluding carboxylic acids is 1. The minimum Gasteiger partial charge on any atom is -0.382 e. The number of benzene rings is 2. The number of non-ortho nitro benzene ring substituents is 1. The topological polar surface area (TPSA) is 84.3 Å². The first-order valence-corrected chi connectivity index (χ1v) is 9.02. The van der Waals surface area contributed by atoms with Crippen molar-refractivity contribution in [2.24, 2.45) is 0 Å². The molecular formula is C19H20ClN3O3. The van der Waals surface area contributed by atoms with Crippen molar-refractivity contribution >= 4 is 34.6 Å². The standard InChI is InChI=1S/C19H20ClN3O3/c20-13-6-8-15(9-7-13)22-19(24)17-12-16(23(25)26)10-11-18(17)21-14-4-2-1-3-5-14/h6-12,14,21H,1-5H2,(H,22,24). The molecular weight excluding hydrogens is 354 g/mol. The van der Waals surface area contributed by atoms with Gasteiger partial charge < -0.3 is 10.6 Å². The van der Waals surface area contributed by atoms with E-state index in [0.717, 1.165) is 25.7 Å². The molecule has 26 heavy (non-hydrogen) atoms. The number of anilines is 2. The summed E-state index contributed by atoms with van der Waals surface area (Å²) in [5.74, 6) is -0.394. The maximum absolute atomic E-state index is 12.7. The molecule has 0 radical (unpaired) electrons. The molecule has 0 heterocycles. The molecule has 7 heteroatoms. The predicted octanol–water partition coefficient (Wildman–Crippen LogP) is 5.25. The lowest BCUT2D eigenvalue weighted by molar-refractivity contribution is -0.384. The van der Waals surface area contributed by atoms with Crippen molar-refractivity contribution in [3.8, 4) is 0 Å². The molecule has 0 bridgehead atoms. The van der Waals surface area contributed by atoms with Crippen molar-refractivity contribution in [1.82, 2.24) is 0 Å². The summed E-state index contributed by atoms with van der Waals surface area (Å²) in [6, 6.07) is 11.4. The SMILES string of the molecule is O=C(Nc1ccc(Cl)cc1)c1cc([N+](=O)[O-])ccc1NC1CCCCC1. The minimum atomic E-state index is -0.497. The highest BCUT2D eigenvalue weighted by atomic mass is 35.5. The number of halogens is 1. The number of nitro groups is 1. The first kappa shape index (κ1) is 18.2. The van der Waals surface area contributed by atoms with Crippen LogP contribution in [-0.2, 0) is 0 Å². The van der Waals surface area contributed by atoms with Crippen molar-refractivity contribution in [3.05, 3.63) is 63.2 Å². The summed E-state index contributed by atoms with van der Waals surface area (Å²) in [5, 5.41) is 17.8. The van der Waals surface area contributed by atoms with Gasteiger partial charge in [-0.05, 0) is 43.2 Å². The normalized spacial score (nSPS) is 14.7. The fourth-order valence-corrected chi connectivity index (χ4v) is 3.28. The number of carbonyl (C=O) groups is 1. The number of hydrogen-bond acceptors (Lipinski definition) is 4. The Morgan fingerprint density at radius 3 is 2.42 bits per heavy atom. The Kier molecular flexibility index (Phi) is 5.73. The van der Waals surface area contributed by atoms with E-state index in [1.165, 1.54) is 18.6 Å². The molecule has 6 nitrogen and oxygen atoms in total. The molecule has 1 fully saturated rings. The second-order valence-corrected chi connectivity index (χ2v) is 6.86. The van der Waals surface area contributed by atoms with E-state index in [1.54, 1.807) is 30.3 Å². The van der Waals surface area contributed by atoms with Crippen LogP contribution in [0.1, 0.15) is 42.5 Å². The fraction of sp³-hybridized carbons (Fsp3) is 0.316. The molecule has 0 aliphatic heterocycles. The smallest absolute Gasteiger partial charge is 0.270 e. The molecule has 2 aromatic rings. The van der Waals surface area contributed by atoms with Crippen LogP contribution in [-0.4, -0.2) is 16.9 Å². The predicted molar refractivity (Wildman–Crippen MR) is 103 cm³/mol. The number of amides is 1. The van der Waals surface area contributed by atoms with E-state index >= 15 is 0 Å². The molecule has 1 amide bonds. The van der Waals surface area contributed by atoms with E-state index in [2.05, 4.69) is 10.6 Å². The third-order valence-electron chi connectivity index (χ3n) is 4.53. The average molecular weight is 374 g/mol. The Balaban J connectivity index is 1.85. The first-order valence-electron chi connectivity index (χ1n) is 8.65. The lowest BCUT2D eigenvalue weighted by Crippen LogP contribution is -2.24. The minimum absolute atomic E-state index is 0.111. The largest absolute Gasteiger partial charge is 0.382 e. The van der Waals surface area contributed by atoms with Gasteiger partial charge in [-0.15, -0.1) is 0 Å². The van der Waals surface area contributed by atoms with Gasteiger partial charge in [0.1, 0.15) is 0 Å². The molecule has 3 rings (SSSR count). The van der Waals surface area contributed by atoms with Crippen molar-refractivity contribution in [3.63, 3.8) is 0 Å². The van der Waals surface area contributed by atoms with Crippen LogP contribution in [0.3, 0.4) is 0 Å². The summed E-state index contributed by atoms with van der Waals surface area (Å²) in [7, 11) is 0. The second-order valence-electron chi connectivity index (χ2n) is 6.43. The van der Waals surface area contributed by atoms with Gasteiger partial charge in [-0.3, -0.25) is 14.9 Å². The molecule has 136 valence electrons. The zero-order chi connectivity index (χ0) is 18.5. The number of hydrogen-bond donors (Lipinski definition) is 2. The molecule has 1 saturated carbocycles. The van der Waals surface area contributed by atoms with Gasteiger partial charge in [0.2, 0.25) is 0 Å². The Morgan fingerprint density at radius 2 is 1.77 bits per heavy atom. The van der Waals surface area contributed by atoms with E-state index in [-0.39, 0.29) is 17.3 Å². The summed E-state index contributed by atoms with van der Waals surface area (Å²) in [6.07, 6.45) is 5.60. The monoisotopic (exact) mass is 373 g/mol. The number of rotatable bonds is 5. The molecule has 1 aliphatic rings. The van der Waals surface area contributed by atoms with E-state index in [9.17, 15) is 14.9 Å². The van der Waals surface area contributed by atoms with Crippen LogP contribution >= 0.6 is 11.6 Å². The Morgan fingerprint density at radius 1 is 1.08 bits per heavy atom. The van der Waals surface area contributed by atoms with Crippen molar-refractivity contribution in [2.45, 2.75) is 38.1 Å². The zero-order valence-electron chi connectivity index (χ0n) is 14.2. The van der Waals surface area contributed by atoms with Gasteiger partial charge in [-0.25, -0.2) is 0 Å². The van der Waals surface area contributed by atoms with Gasteiger partial charge in [0.25, 0.3) is 11.6 Å². The van der Waals surface area contributed by atoms with Crippen LogP contribution in [0.4, 0.5) is 17.1 Å². The highest BCUT2D eigenvalue weighted by Crippen LogP contribution is 2.27. The highest BCUT2D eigenvalue weighted by molar-refractivity contribution is 6.30. The molecule has 1 aliphatic carbocycles. The lowest BCUT2D eigenvalue weighted by Gasteiger charge is -2.25. The Labute approximate surface area is 156 Å². The van der Waals surface area contributed by atoms with E-state index in [1.807, 2.05) is 0 Å². The molecule has 2 aromatic carbocycles. The van der Waals surface area contributed by atoms with Crippen molar-refractivity contribution < 1.29 is 9.72 Å². The summed E-state index contributed by atoms with van der Waals surface area (Å²) < 4.78 is 0. The van der Waals surface area contributed by atoms with Crippen LogP contribution in [0.5, 0.6) is 0 Å². The molecule has 0 aromatic heterocycles. The number of nitro benzene ring substituents is 1. The first-order chi connectivity index (χ1) is 12.5. The van der Waals surface area contributed by atoms with E-state index in [4.69, 9.17) is 11.6 Å². The van der Waals surface area contributed by atoms with Gasteiger partial charge in [0.15, 0.2) is 0 Å². The summed E-state index contributed by atoms with van der Waals surface area (Å²) in [6.45, 7) is 0. The van der Waals surface area contributed by atoms with Crippen molar-refractivity contribution in [1.29, 1.82) is 0 Å². The Hall–Kier alpha value is -2.60. The van der Waals surface area contributed by atoms with Crippen LogP contribution in [0.15, 0.2) is 42.5 Å². The van der Waals surface area contributed by atoms with Gasteiger partial charge in [0, 0.05) is 34.6 Å². The number of nitrogens with one attached hydrogen (secondary N) is 2. The average Bonchev–Trinajstić information content (AvgIpc) is 2.64. The maximum Gasteiger partial charge on any atom is 0.270 e. The van der Waals surface area contributed by atoms with Crippen LogP contribution in [0, 0.1) is 10.1 Å². The summed E-state index contributed by atoms with van der Waals surface area (Å²) in [5.41, 5.74) is 1.35. The molecule has 0 saturated heterocycles. The van der Waals surface area contributed by atoms with Crippen LogP contribution < -0.4 is 10.6 Å². The third kappa shape index (κ3) is 4.52. The van der Waals surface area contributed by atoms with Crippen LogP contribution in [0.2, 0.25) is 5.02 Å². The summed E-state index contributed by atoms with van der Waals surface area (Å²) >= 11 is 5.86. The van der Waals surface area contributed by atoms with Gasteiger partial charge >= 0.3 is 0 Å². The summed E-state index contributed by atoms with van der Waals surface area (Å²) in [4.78, 5) is 23.3. The maximum atomic E-state index is 12.7.